The molecule has 2 N–H and O–H groups in total. The monoisotopic (exact) mass is 415 g/mol. The summed E-state index contributed by atoms with van der Waals surface area (Å²) in [7, 11) is 0. The molecule has 3 rings (SSSR count). The van der Waals surface area contributed by atoms with E-state index in [0.717, 1.165) is 35.8 Å². The number of alkyl carbamates (subject to hydrolysis) is 1. The molecule has 1 amide bonds. The number of benzene rings is 2. The van der Waals surface area contributed by atoms with Crippen molar-refractivity contribution in [1.82, 2.24) is 5.32 Å². The number of ether oxygens (including phenoxy) is 3. The fourth-order valence-corrected chi connectivity index (χ4v) is 3.47. The molecule has 0 radical (unpaired) electrons. The van der Waals surface area contributed by atoms with E-state index in [-0.39, 0.29) is 12.5 Å². The summed E-state index contributed by atoms with van der Waals surface area (Å²) < 4.78 is 16.9. The summed E-state index contributed by atoms with van der Waals surface area (Å²) in [6.07, 6.45) is 1.30. The number of rotatable bonds is 7. The van der Waals surface area contributed by atoms with E-state index in [4.69, 9.17) is 14.2 Å². The third-order valence-corrected chi connectivity index (χ3v) is 4.84. The molecule has 2 atom stereocenters. The molecule has 30 heavy (non-hydrogen) atoms. The maximum absolute atomic E-state index is 12.2. The van der Waals surface area contributed by atoms with Crippen LogP contribution in [0.3, 0.4) is 0 Å². The Morgan fingerprint density at radius 3 is 2.67 bits per heavy atom. The Morgan fingerprint density at radius 2 is 2.00 bits per heavy atom. The van der Waals surface area contributed by atoms with Gasteiger partial charge in [0.25, 0.3) is 0 Å². The maximum Gasteiger partial charge on any atom is 0.408 e. The summed E-state index contributed by atoms with van der Waals surface area (Å²) in [6.45, 7) is 6.32. The predicted molar refractivity (Wildman–Crippen MR) is 113 cm³/mol. The van der Waals surface area contributed by atoms with E-state index in [0.29, 0.717) is 12.4 Å². The third kappa shape index (κ3) is 5.86. The smallest absolute Gasteiger partial charge is 0.408 e. The molecule has 0 spiro atoms. The van der Waals surface area contributed by atoms with Crippen molar-refractivity contribution in [1.29, 1.82) is 0 Å². The minimum absolute atomic E-state index is 0.0412. The first kappa shape index (κ1) is 21.9. The molecule has 1 aliphatic rings. The molecule has 2 aromatic rings. The third-order valence-electron chi connectivity index (χ3n) is 4.84. The van der Waals surface area contributed by atoms with Gasteiger partial charge in [-0.15, -0.1) is 0 Å². The highest BCUT2D eigenvalue weighted by Crippen LogP contribution is 2.30. The molecule has 1 heterocycles. The molecule has 0 saturated carbocycles. The van der Waals surface area contributed by atoms with Crippen molar-refractivity contribution in [3.05, 3.63) is 42.0 Å². The molecular weight excluding hydrogens is 386 g/mol. The van der Waals surface area contributed by atoms with E-state index in [1.54, 1.807) is 20.8 Å². The summed E-state index contributed by atoms with van der Waals surface area (Å²) >= 11 is 0. The van der Waals surface area contributed by atoms with Crippen LogP contribution in [0.2, 0.25) is 0 Å². The van der Waals surface area contributed by atoms with Crippen LogP contribution >= 0.6 is 0 Å². The van der Waals surface area contributed by atoms with Crippen LogP contribution in [0.15, 0.2) is 36.4 Å². The van der Waals surface area contributed by atoms with Crippen LogP contribution in [0.25, 0.3) is 10.8 Å². The number of nitrogens with one attached hydrogen (secondary N) is 1. The van der Waals surface area contributed by atoms with Crippen LogP contribution in [0.4, 0.5) is 4.79 Å². The minimum Gasteiger partial charge on any atom is -0.491 e. The fourth-order valence-electron chi connectivity index (χ4n) is 3.47. The van der Waals surface area contributed by atoms with Gasteiger partial charge in [0, 0.05) is 18.6 Å². The Labute approximate surface area is 176 Å². The van der Waals surface area contributed by atoms with E-state index in [1.807, 2.05) is 36.4 Å². The summed E-state index contributed by atoms with van der Waals surface area (Å²) in [5.41, 5.74) is 0.0110. The van der Waals surface area contributed by atoms with Gasteiger partial charge in [-0.1, -0.05) is 30.3 Å². The summed E-state index contributed by atoms with van der Waals surface area (Å²) in [4.78, 5) is 24.1. The number of hydrogen-bond acceptors (Lipinski definition) is 5. The van der Waals surface area contributed by atoms with Crippen molar-refractivity contribution < 1.29 is 28.9 Å². The van der Waals surface area contributed by atoms with Gasteiger partial charge in [-0.2, -0.15) is 0 Å². The van der Waals surface area contributed by atoms with Gasteiger partial charge in [0.2, 0.25) is 0 Å². The average molecular weight is 415 g/mol. The second kappa shape index (κ2) is 9.34. The lowest BCUT2D eigenvalue weighted by Crippen LogP contribution is -2.44. The average Bonchev–Trinajstić information content (AvgIpc) is 3.18. The van der Waals surface area contributed by atoms with Gasteiger partial charge in [-0.25, -0.2) is 9.59 Å². The van der Waals surface area contributed by atoms with Crippen LogP contribution in [0.5, 0.6) is 5.75 Å². The normalized spacial score (nSPS) is 17.5. The maximum atomic E-state index is 12.2. The highest BCUT2D eigenvalue weighted by molar-refractivity contribution is 5.89. The molecule has 1 aliphatic heterocycles. The molecule has 162 valence electrons. The van der Waals surface area contributed by atoms with Gasteiger partial charge < -0.3 is 24.6 Å². The summed E-state index contributed by atoms with van der Waals surface area (Å²) in [5, 5.41) is 14.0. The molecule has 0 aromatic heterocycles. The van der Waals surface area contributed by atoms with Crippen molar-refractivity contribution in [2.75, 3.05) is 13.2 Å². The van der Waals surface area contributed by atoms with Crippen molar-refractivity contribution in [2.45, 2.75) is 57.8 Å². The zero-order chi connectivity index (χ0) is 21.7. The largest absolute Gasteiger partial charge is 0.491 e. The van der Waals surface area contributed by atoms with E-state index >= 15 is 0 Å². The van der Waals surface area contributed by atoms with Crippen LogP contribution in [-0.2, 0) is 20.7 Å². The molecule has 1 fully saturated rings. The van der Waals surface area contributed by atoms with E-state index in [9.17, 15) is 14.7 Å². The van der Waals surface area contributed by atoms with Gasteiger partial charge in [-0.05, 0) is 50.5 Å². The van der Waals surface area contributed by atoms with Crippen molar-refractivity contribution in [3.63, 3.8) is 0 Å². The predicted octanol–water partition coefficient (Wildman–Crippen LogP) is 3.92. The van der Waals surface area contributed by atoms with Crippen molar-refractivity contribution >= 4 is 22.8 Å². The lowest BCUT2D eigenvalue weighted by atomic mass is 9.97. The highest BCUT2D eigenvalue weighted by Gasteiger charge is 2.26. The second-order valence-electron chi connectivity index (χ2n) is 8.45. The topological polar surface area (TPSA) is 94.1 Å². The van der Waals surface area contributed by atoms with Gasteiger partial charge in [-0.3, -0.25) is 0 Å². The van der Waals surface area contributed by atoms with Gasteiger partial charge in [0.1, 0.15) is 24.0 Å². The molecule has 7 nitrogen and oxygen atoms in total. The first-order valence-electron chi connectivity index (χ1n) is 10.2. The van der Waals surface area contributed by atoms with Crippen LogP contribution in [-0.4, -0.2) is 48.1 Å². The van der Waals surface area contributed by atoms with Crippen LogP contribution < -0.4 is 10.1 Å². The zero-order valence-corrected chi connectivity index (χ0v) is 17.6. The molecule has 2 unspecified atom stereocenters. The van der Waals surface area contributed by atoms with Crippen LogP contribution in [0, 0.1) is 0 Å². The zero-order valence-electron chi connectivity index (χ0n) is 17.6. The van der Waals surface area contributed by atoms with Gasteiger partial charge >= 0.3 is 12.1 Å². The number of aliphatic carboxylic acids is 1. The van der Waals surface area contributed by atoms with Crippen molar-refractivity contribution in [2.24, 2.45) is 0 Å². The first-order chi connectivity index (χ1) is 14.2. The number of amides is 1. The number of carboxylic acid groups (broad SMARTS) is 1. The first-order valence-corrected chi connectivity index (χ1v) is 10.2. The second-order valence-corrected chi connectivity index (χ2v) is 8.45. The van der Waals surface area contributed by atoms with Crippen molar-refractivity contribution in [3.8, 4) is 5.75 Å². The number of carbonyl (C=O) groups excluding carboxylic acids is 1. The molecule has 7 heteroatoms. The Kier molecular flexibility index (Phi) is 6.82. The minimum atomic E-state index is -1.16. The number of fused-ring (bicyclic) bond motifs is 1. The fraction of sp³-hybridized carbons (Fsp3) is 0.478. The Balaban J connectivity index is 1.85. The number of carbonyl (C=O) groups is 2. The van der Waals surface area contributed by atoms with Gasteiger partial charge in [0.05, 0.1) is 6.10 Å². The van der Waals surface area contributed by atoms with E-state index in [1.165, 1.54) is 0 Å². The lowest BCUT2D eigenvalue weighted by Gasteiger charge is -2.23. The molecular formula is C23H29NO6. The standard InChI is InChI=1S/C23H29NO6/c1-23(2,3)30-22(27)24-19(21(25)26)13-18-17-9-5-4-7-15(17)10-11-20(18)29-14-16-8-6-12-28-16/h4-5,7,9-11,16,19H,6,8,12-14H2,1-3H3,(H,24,27)(H,25,26). The lowest BCUT2D eigenvalue weighted by molar-refractivity contribution is -0.139. The Bertz CT molecular complexity index is 898. The molecule has 1 saturated heterocycles. The number of carboxylic acids is 1. The SMILES string of the molecule is CC(C)(C)OC(=O)NC(Cc1c(OCC2CCCO2)ccc2ccccc12)C(=O)O. The summed E-state index contributed by atoms with van der Waals surface area (Å²) in [5.74, 6) is -0.541. The molecule has 0 bridgehead atoms. The molecule has 2 aromatic carbocycles. The van der Waals surface area contributed by atoms with Gasteiger partial charge in [0.15, 0.2) is 0 Å². The summed E-state index contributed by atoms with van der Waals surface area (Å²) in [6, 6.07) is 10.3. The Hall–Kier alpha value is -2.80. The quantitative estimate of drug-likeness (QED) is 0.712. The Morgan fingerprint density at radius 1 is 1.23 bits per heavy atom. The number of hydrogen-bond donors (Lipinski definition) is 2. The van der Waals surface area contributed by atoms with E-state index in [2.05, 4.69) is 5.32 Å². The van der Waals surface area contributed by atoms with Crippen LogP contribution in [0.1, 0.15) is 39.2 Å². The highest BCUT2D eigenvalue weighted by atomic mass is 16.6. The molecule has 0 aliphatic carbocycles. The van der Waals surface area contributed by atoms with E-state index < -0.39 is 23.7 Å².